The van der Waals surface area contributed by atoms with Crippen LogP contribution in [-0.4, -0.2) is 24.5 Å². The van der Waals surface area contributed by atoms with Crippen molar-refractivity contribution in [2.24, 2.45) is 0 Å². The lowest BCUT2D eigenvalue weighted by molar-refractivity contribution is 0.0696. The minimum atomic E-state index is -3.88. The van der Waals surface area contributed by atoms with Crippen molar-refractivity contribution in [3.05, 3.63) is 58.6 Å². The maximum absolute atomic E-state index is 13.0. The van der Waals surface area contributed by atoms with Crippen molar-refractivity contribution in [1.82, 2.24) is 9.71 Å². The van der Waals surface area contributed by atoms with E-state index in [1.165, 1.54) is 12.1 Å². The van der Waals surface area contributed by atoms with E-state index in [0.717, 1.165) is 24.4 Å². The predicted octanol–water partition coefficient (Wildman–Crippen LogP) is 2.05. The molecule has 0 aliphatic carbocycles. The minimum absolute atomic E-state index is 0.00285. The number of carboxylic acids is 1. The van der Waals surface area contributed by atoms with Crippen LogP contribution in [0.3, 0.4) is 0 Å². The lowest BCUT2D eigenvalue weighted by Gasteiger charge is -2.07. The summed E-state index contributed by atoms with van der Waals surface area (Å²) in [5.74, 6) is -1.84. The normalized spacial score (nSPS) is 11.4. The molecule has 0 bridgehead atoms. The first-order valence-corrected chi connectivity index (χ1v) is 7.78. The number of hydrogen-bond acceptors (Lipinski definition) is 4. The van der Waals surface area contributed by atoms with Gasteiger partial charge in [-0.3, -0.25) is 4.98 Å². The van der Waals surface area contributed by atoms with Crippen LogP contribution in [0.25, 0.3) is 0 Å². The molecule has 0 atom stereocenters. The Labute approximate surface area is 130 Å². The van der Waals surface area contributed by atoms with Gasteiger partial charge in [-0.2, -0.15) is 0 Å². The van der Waals surface area contributed by atoms with Gasteiger partial charge in [0.25, 0.3) is 0 Å². The number of nitrogens with one attached hydrogen (secondary N) is 1. The average molecular weight is 345 g/mol. The minimum Gasteiger partial charge on any atom is -0.478 e. The lowest BCUT2D eigenvalue weighted by Crippen LogP contribution is -2.23. The molecule has 0 fully saturated rings. The monoisotopic (exact) mass is 344 g/mol. The standard InChI is InChI=1S/C13H10ClFN2O4S/c14-11-5-10(3-4-12(11)15)22(20,21)17-7-9-2-1-8(6-16-9)13(18)19/h1-6,17H,7H2,(H,18,19). The van der Waals surface area contributed by atoms with E-state index in [1.807, 2.05) is 0 Å². The molecule has 0 saturated heterocycles. The van der Waals surface area contributed by atoms with Crippen LogP contribution in [0.4, 0.5) is 4.39 Å². The first kappa shape index (κ1) is 16.3. The van der Waals surface area contributed by atoms with Crippen molar-refractivity contribution in [1.29, 1.82) is 0 Å². The van der Waals surface area contributed by atoms with Gasteiger partial charge in [-0.25, -0.2) is 22.3 Å². The highest BCUT2D eigenvalue weighted by Crippen LogP contribution is 2.19. The zero-order chi connectivity index (χ0) is 16.3. The zero-order valence-electron chi connectivity index (χ0n) is 11.0. The fourth-order valence-corrected chi connectivity index (χ4v) is 2.82. The van der Waals surface area contributed by atoms with Gasteiger partial charge in [0.05, 0.1) is 27.7 Å². The largest absolute Gasteiger partial charge is 0.478 e. The molecule has 9 heteroatoms. The Morgan fingerprint density at radius 1 is 1.32 bits per heavy atom. The molecule has 22 heavy (non-hydrogen) atoms. The van der Waals surface area contributed by atoms with Crippen molar-refractivity contribution in [2.75, 3.05) is 0 Å². The Bertz CT molecular complexity index is 809. The fraction of sp³-hybridized carbons (Fsp3) is 0.0769. The molecule has 0 amide bonds. The predicted molar refractivity (Wildman–Crippen MR) is 76.6 cm³/mol. The van der Waals surface area contributed by atoms with E-state index in [9.17, 15) is 17.6 Å². The van der Waals surface area contributed by atoms with Gasteiger partial charge in [-0.05, 0) is 30.3 Å². The number of hydrogen-bond donors (Lipinski definition) is 2. The maximum atomic E-state index is 13.0. The van der Waals surface area contributed by atoms with Crippen molar-refractivity contribution in [3.8, 4) is 0 Å². The molecule has 0 saturated carbocycles. The summed E-state index contributed by atoms with van der Waals surface area (Å²) >= 11 is 5.55. The van der Waals surface area contributed by atoms with Crippen LogP contribution >= 0.6 is 11.6 Å². The van der Waals surface area contributed by atoms with E-state index >= 15 is 0 Å². The number of rotatable bonds is 5. The number of aromatic carboxylic acids is 1. The third kappa shape index (κ3) is 3.79. The van der Waals surface area contributed by atoms with E-state index in [1.54, 1.807) is 0 Å². The summed E-state index contributed by atoms with van der Waals surface area (Å²) in [6, 6.07) is 5.75. The Balaban J connectivity index is 2.12. The molecule has 2 rings (SSSR count). The molecule has 116 valence electrons. The van der Waals surface area contributed by atoms with Crippen LogP contribution in [0, 0.1) is 5.82 Å². The van der Waals surface area contributed by atoms with E-state index < -0.39 is 21.8 Å². The van der Waals surface area contributed by atoms with Crippen molar-refractivity contribution in [2.45, 2.75) is 11.4 Å². The second kappa shape index (κ2) is 6.39. The molecular weight excluding hydrogens is 335 g/mol. The van der Waals surface area contributed by atoms with Crippen LogP contribution in [-0.2, 0) is 16.6 Å². The lowest BCUT2D eigenvalue weighted by atomic mass is 10.2. The molecule has 0 aliphatic heterocycles. The molecule has 0 radical (unpaired) electrons. The SMILES string of the molecule is O=C(O)c1ccc(CNS(=O)(=O)c2ccc(F)c(Cl)c2)nc1. The van der Waals surface area contributed by atoms with Gasteiger partial charge in [0.15, 0.2) is 0 Å². The van der Waals surface area contributed by atoms with Crippen LogP contribution in [0.5, 0.6) is 0 Å². The van der Waals surface area contributed by atoms with Gasteiger partial charge in [-0.1, -0.05) is 11.6 Å². The summed E-state index contributed by atoms with van der Waals surface area (Å²) in [5.41, 5.74) is 0.332. The van der Waals surface area contributed by atoms with Crippen LogP contribution in [0.1, 0.15) is 16.1 Å². The van der Waals surface area contributed by atoms with E-state index in [-0.39, 0.29) is 22.0 Å². The smallest absolute Gasteiger partial charge is 0.337 e. The second-order valence-corrected chi connectivity index (χ2v) is 6.42. The molecule has 0 aliphatic rings. The Hall–Kier alpha value is -2.03. The molecule has 0 unspecified atom stereocenters. The van der Waals surface area contributed by atoms with E-state index in [0.29, 0.717) is 5.69 Å². The summed E-state index contributed by atoms with van der Waals surface area (Å²) in [5, 5.41) is 8.44. The first-order valence-electron chi connectivity index (χ1n) is 5.92. The number of halogens is 2. The first-order chi connectivity index (χ1) is 10.3. The number of carboxylic acid groups (broad SMARTS) is 1. The Morgan fingerprint density at radius 3 is 2.59 bits per heavy atom. The highest BCUT2D eigenvalue weighted by molar-refractivity contribution is 7.89. The quantitative estimate of drug-likeness (QED) is 0.865. The number of nitrogens with zero attached hydrogens (tertiary/aromatic N) is 1. The van der Waals surface area contributed by atoms with Crippen LogP contribution < -0.4 is 4.72 Å². The van der Waals surface area contributed by atoms with E-state index in [4.69, 9.17) is 16.7 Å². The molecule has 0 spiro atoms. The summed E-state index contributed by atoms with van der Waals surface area (Å²) in [7, 11) is -3.88. The number of aromatic nitrogens is 1. The molecule has 6 nitrogen and oxygen atoms in total. The molecule has 1 aromatic carbocycles. The zero-order valence-corrected chi connectivity index (χ0v) is 12.5. The topological polar surface area (TPSA) is 96.4 Å². The summed E-state index contributed by atoms with van der Waals surface area (Å²) in [6.45, 7) is -0.142. The van der Waals surface area contributed by atoms with Crippen molar-refractivity contribution < 1.29 is 22.7 Å². The number of pyridine rings is 1. The van der Waals surface area contributed by atoms with Crippen molar-refractivity contribution >= 4 is 27.6 Å². The van der Waals surface area contributed by atoms with Gasteiger partial charge in [0.2, 0.25) is 10.0 Å². The van der Waals surface area contributed by atoms with Crippen LogP contribution in [0.15, 0.2) is 41.4 Å². The Morgan fingerprint density at radius 2 is 2.05 bits per heavy atom. The molecule has 1 heterocycles. The van der Waals surface area contributed by atoms with Gasteiger partial charge < -0.3 is 5.11 Å². The number of sulfonamides is 1. The molecule has 2 aromatic rings. The highest BCUT2D eigenvalue weighted by atomic mass is 35.5. The van der Waals surface area contributed by atoms with Gasteiger partial charge >= 0.3 is 5.97 Å². The van der Waals surface area contributed by atoms with E-state index in [2.05, 4.69) is 9.71 Å². The van der Waals surface area contributed by atoms with Gasteiger partial charge in [0.1, 0.15) is 5.82 Å². The van der Waals surface area contributed by atoms with Crippen molar-refractivity contribution in [3.63, 3.8) is 0 Å². The molecular formula is C13H10ClFN2O4S. The van der Waals surface area contributed by atoms with Gasteiger partial charge in [-0.15, -0.1) is 0 Å². The Kier molecular flexibility index (Phi) is 4.74. The van der Waals surface area contributed by atoms with Crippen LogP contribution in [0.2, 0.25) is 5.02 Å². The molecule has 2 N–H and O–H groups in total. The highest BCUT2D eigenvalue weighted by Gasteiger charge is 2.16. The second-order valence-electron chi connectivity index (χ2n) is 4.24. The average Bonchev–Trinajstić information content (AvgIpc) is 2.48. The number of benzene rings is 1. The third-order valence-electron chi connectivity index (χ3n) is 2.72. The summed E-state index contributed by atoms with van der Waals surface area (Å²) in [6.07, 6.45) is 1.13. The fourth-order valence-electron chi connectivity index (χ4n) is 1.55. The summed E-state index contributed by atoms with van der Waals surface area (Å²) in [4.78, 5) is 14.3. The van der Waals surface area contributed by atoms with Gasteiger partial charge in [0, 0.05) is 6.20 Å². The number of carbonyl (C=O) groups is 1. The summed E-state index contributed by atoms with van der Waals surface area (Å²) < 4.78 is 39.4. The third-order valence-corrected chi connectivity index (χ3v) is 4.40. The molecule has 1 aromatic heterocycles. The maximum Gasteiger partial charge on any atom is 0.337 e.